The van der Waals surface area contributed by atoms with Gasteiger partial charge in [-0.25, -0.2) is 4.99 Å². The molecule has 9 heteroatoms. The lowest BCUT2D eigenvalue weighted by molar-refractivity contribution is -0.384. The number of nitro benzene ring substituents is 1. The van der Waals surface area contributed by atoms with E-state index in [0.29, 0.717) is 41.9 Å². The number of non-ortho nitro benzene ring substituents is 1. The highest BCUT2D eigenvalue weighted by atomic mass is 32.2. The average molecular weight is 453 g/mol. The highest BCUT2D eigenvalue weighted by molar-refractivity contribution is 8.18. The molecule has 0 radical (unpaired) electrons. The monoisotopic (exact) mass is 452 g/mol. The van der Waals surface area contributed by atoms with Crippen LogP contribution < -0.4 is 4.90 Å². The Morgan fingerprint density at radius 1 is 1.22 bits per heavy atom. The number of nitro groups is 1. The van der Waals surface area contributed by atoms with E-state index < -0.39 is 4.92 Å². The highest BCUT2D eigenvalue weighted by Crippen LogP contribution is 2.36. The quantitative estimate of drug-likeness (QED) is 0.383. The Labute approximate surface area is 190 Å². The van der Waals surface area contributed by atoms with Crippen LogP contribution in [0.25, 0.3) is 6.08 Å². The number of para-hydroxylation sites is 1. The molecule has 2 saturated heterocycles. The average Bonchev–Trinajstić information content (AvgIpc) is 3.07. The normalized spacial score (nSPS) is 19.2. The Morgan fingerprint density at radius 3 is 2.69 bits per heavy atom. The summed E-state index contributed by atoms with van der Waals surface area (Å²) in [7, 11) is 1.69. The minimum Gasteiger partial charge on any atom is -0.378 e. The molecular formula is C23H24N4O4S. The molecule has 2 aromatic carbocycles. The number of nitrogens with zero attached hydrogens (tertiary/aromatic N) is 4. The number of benzene rings is 2. The summed E-state index contributed by atoms with van der Waals surface area (Å²) in [6, 6.07) is 12.6. The number of amides is 1. The zero-order chi connectivity index (χ0) is 22.7. The predicted molar refractivity (Wildman–Crippen MR) is 127 cm³/mol. The van der Waals surface area contributed by atoms with Gasteiger partial charge < -0.3 is 9.64 Å². The Kier molecular flexibility index (Phi) is 6.57. The molecule has 2 heterocycles. The molecule has 8 nitrogen and oxygen atoms in total. The van der Waals surface area contributed by atoms with Crippen LogP contribution in [-0.4, -0.2) is 54.2 Å². The number of aryl methyl sites for hydroxylation is 1. The van der Waals surface area contributed by atoms with Gasteiger partial charge in [-0.2, -0.15) is 0 Å². The van der Waals surface area contributed by atoms with Crippen LogP contribution in [0.4, 0.5) is 17.1 Å². The van der Waals surface area contributed by atoms with Crippen molar-refractivity contribution in [3.63, 3.8) is 0 Å². The summed E-state index contributed by atoms with van der Waals surface area (Å²) in [6.45, 7) is 4.63. The molecule has 2 aliphatic heterocycles. The SMILES string of the molecule is CCc1ccccc1N=C1S/C(=C/c2cc([N+](=O)[O-])ccc2N2CCOCC2)C(=O)N1C. The zero-order valence-electron chi connectivity index (χ0n) is 18.0. The van der Waals surface area contributed by atoms with Crippen molar-refractivity contribution in [1.29, 1.82) is 0 Å². The maximum absolute atomic E-state index is 13.0. The van der Waals surface area contributed by atoms with E-state index >= 15 is 0 Å². The molecule has 1 amide bonds. The van der Waals surface area contributed by atoms with Crippen molar-refractivity contribution in [3.05, 3.63) is 68.6 Å². The molecule has 0 N–H and O–H groups in total. The second kappa shape index (κ2) is 9.54. The molecule has 0 aliphatic carbocycles. The first-order valence-electron chi connectivity index (χ1n) is 10.4. The molecule has 166 valence electrons. The van der Waals surface area contributed by atoms with E-state index in [-0.39, 0.29) is 11.6 Å². The minimum atomic E-state index is -0.421. The van der Waals surface area contributed by atoms with Crippen molar-refractivity contribution in [2.75, 3.05) is 38.3 Å². The van der Waals surface area contributed by atoms with Gasteiger partial charge in [-0.05, 0) is 42.0 Å². The number of carbonyl (C=O) groups excluding carboxylic acids is 1. The van der Waals surface area contributed by atoms with E-state index in [1.165, 1.54) is 28.8 Å². The summed E-state index contributed by atoms with van der Waals surface area (Å²) in [5.74, 6) is -0.179. The van der Waals surface area contributed by atoms with Gasteiger partial charge in [0.2, 0.25) is 0 Å². The number of anilines is 1. The number of morpholine rings is 1. The van der Waals surface area contributed by atoms with Crippen LogP contribution in [0.2, 0.25) is 0 Å². The van der Waals surface area contributed by atoms with Crippen LogP contribution in [0.3, 0.4) is 0 Å². The number of carbonyl (C=O) groups is 1. The van der Waals surface area contributed by atoms with E-state index in [9.17, 15) is 14.9 Å². The van der Waals surface area contributed by atoms with Crippen LogP contribution in [0.15, 0.2) is 52.4 Å². The molecule has 0 unspecified atom stereocenters. The summed E-state index contributed by atoms with van der Waals surface area (Å²) >= 11 is 1.28. The van der Waals surface area contributed by atoms with E-state index in [2.05, 4.69) is 11.8 Å². The molecule has 2 aliphatic rings. The Hall–Kier alpha value is -3.17. The molecule has 0 atom stereocenters. The Morgan fingerprint density at radius 2 is 1.97 bits per heavy atom. The molecule has 4 rings (SSSR count). The minimum absolute atomic E-state index is 0.0107. The van der Waals surface area contributed by atoms with Crippen molar-refractivity contribution in [2.24, 2.45) is 4.99 Å². The molecule has 0 spiro atoms. The summed E-state index contributed by atoms with van der Waals surface area (Å²) in [5.41, 5.74) is 3.42. The second-order valence-corrected chi connectivity index (χ2v) is 8.46. The largest absolute Gasteiger partial charge is 0.378 e. The maximum atomic E-state index is 13.0. The van der Waals surface area contributed by atoms with Gasteiger partial charge in [0.05, 0.1) is 28.7 Å². The fraction of sp³-hybridized carbons (Fsp3) is 0.304. The van der Waals surface area contributed by atoms with Crippen molar-refractivity contribution < 1.29 is 14.5 Å². The fourth-order valence-electron chi connectivity index (χ4n) is 3.68. The fourth-order valence-corrected chi connectivity index (χ4v) is 4.65. The molecule has 2 aromatic rings. The highest BCUT2D eigenvalue weighted by Gasteiger charge is 2.31. The van der Waals surface area contributed by atoms with Gasteiger partial charge in [-0.3, -0.25) is 19.8 Å². The van der Waals surface area contributed by atoms with Gasteiger partial charge in [0.15, 0.2) is 5.17 Å². The zero-order valence-corrected chi connectivity index (χ0v) is 18.8. The van der Waals surface area contributed by atoms with Gasteiger partial charge in [0, 0.05) is 43.5 Å². The van der Waals surface area contributed by atoms with E-state index in [1.54, 1.807) is 19.2 Å². The first-order valence-corrected chi connectivity index (χ1v) is 11.2. The lowest BCUT2D eigenvalue weighted by Crippen LogP contribution is -2.36. The van der Waals surface area contributed by atoms with E-state index in [0.717, 1.165) is 23.4 Å². The first-order chi connectivity index (χ1) is 15.5. The van der Waals surface area contributed by atoms with Crippen molar-refractivity contribution >= 4 is 46.0 Å². The van der Waals surface area contributed by atoms with Gasteiger partial charge in [0.25, 0.3) is 11.6 Å². The molecule has 32 heavy (non-hydrogen) atoms. The van der Waals surface area contributed by atoms with E-state index in [1.807, 2.05) is 24.3 Å². The Bertz CT molecular complexity index is 1110. The van der Waals surface area contributed by atoms with E-state index in [4.69, 9.17) is 9.73 Å². The van der Waals surface area contributed by atoms with Gasteiger partial charge in [0.1, 0.15) is 0 Å². The second-order valence-electron chi connectivity index (χ2n) is 7.45. The summed E-state index contributed by atoms with van der Waals surface area (Å²) in [4.78, 5) is 32.7. The molecule has 0 bridgehead atoms. The predicted octanol–water partition coefficient (Wildman–Crippen LogP) is 4.23. The summed E-state index contributed by atoms with van der Waals surface area (Å²) in [5, 5.41) is 11.9. The third-order valence-electron chi connectivity index (χ3n) is 5.45. The third kappa shape index (κ3) is 4.53. The summed E-state index contributed by atoms with van der Waals surface area (Å²) < 4.78 is 5.43. The standard InChI is InChI=1S/C23H24N4O4S/c1-3-16-6-4-5-7-19(16)24-23-25(2)22(28)21(32-23)15-17-14-18(27(29)30)8-9-20(17)26-10-12-31-13-11-26/h4-9,14-15H,3,10-13H2,1-2H3/b21-15+,24-23?. The summed E-state index contributed by atoms with van der Waals surface area (Å²) in [6.07, 6.45) is 2.57. The van der Waals surface area contributed by atoms with Crippen LogP contribution >= 0.6 is 11.8 Å². The first kappa shape index (κ1) is 22.0. The number of hydrogen-bond acceptors (Lipinski definition) is 7. The smallest absolute Gasteiger partial charge is 0.270 e. The topological polar surface area (TPSA) is 88.3 Å². The van der Waals surface area contributed by atoms with Gasteiger partial charge in [-0.1, -0.05) is 25.1 Å². The van der Waals surface area contributed by atoms with Crippen LogP contribution in [0.5, 0.6) is 0 Å². The number of amidine groups is 1. The van der Waals surface area contributed by atoms with Crippen molar-refractivity contribution in [2.45, 2.75) is 13.3 Å². The molecular weight excluding hydrogens is 428 g/mol. The number of aliphatic imine (C=N–C) groups is 1. The maximum Gasteiger partial charge on any atom is 0.270 e. The number of thioether (sulfide) groups is 1. The number of rotatable bonds is 5. The third-order valence-corrected chi connectivity index (χ3v) is 6.51. The number of ether oxygens (including phenoxy) is 1. The van der Waals surface area contributed by atoms with Crippen molar-refractivity contribution in [3.8, 4) is 0 Å². The van der Waals surface area contributed by atoms with Gasteiger partial charge >= 0.3 is 0 Å². The van der Waals surface area contributed by atoms with Crippen LogP contribution in [-0.2, 0) is 16.0 Å². The molecule has 0 saturated carbocycles. The number of likely N-dealkylation sites (N-methyl/N-ethyl adjacent to an activating group) is 1. The number of hydrogen-bond donors (Lipinski definition) is 0. The molecule has 0 aromatic heterocycles. The Balaban J connectivity index is 1.71. The lowest BCUT2D eigenvalue weighted by Gasteiger charge is -2.30. The van der Waals surface area contributed by atoms with Crippen molar-refractivity contribution in [1.82, 2.24) is 4.90 Å². The van der Waals surface area contributed by atoms with Crippen LogP contribution in [0.1, 0.15) is 18.1 Å². The lowest BCUT2D eigenvalue weighted by atomic mass is 10.1. The van der Waals surface area contributed by atoms with Gasteiger partial charge in [-0.15, -0.1) is 0 Å². The van der Waals surface area contributed by atoms with Crippen LogP contribution in [0, 0.1) is 10.1 Å². The molecule has 2 fully saturated rings.